The number of para-hydroxylation sites is 1. The second kappa shape index (κ2) is 9.40. The number of carboxylic acid groups (broad SMARTS) is 1. The first kappa shape index (κ1) is 19.9. The number of carbonyl (C=O) groups is 2. The molecule has 2 aromatic rings. The van der Waals surface area contributed by atoms with Gasteiger partial charge in [-0.1, -0.05) is 42.5 Å². The van der Waals surface area contributed by atoms with Crippen LogP contribution in [0.2, 0.25) is 0 Å². The molecule has 5 heteroatoms. The predicted octanol–water partition coefficient (Wildman–Crippen LogP) is 3.57. The minimum absolute atomic E-state index is 0.0174. The van der Waals surface area contributed by atoms with E-state index >= 15 is 0 Å². The fraction of sp³-hybridized carbons (Fsp3) is 0.391. The van der Waals surface area contributed by atoms with E-state index in [1.807, 2.05) is 37.3 Å². The number of rotatable bonds is 7. The number of carbonyl (C=O) groups excluding carboxylic acids is 1. The molecule has 0 aromatic heterocycles. The summed E-state index contributed by atoms with van der Waals surface area (Å²) in [6.07, 6.45) is 3.58. The normalized spacial score (nSPS) is 15.1. The lowest BCUT2D eigenvalue weighted by Gasteiger charge is -2.32. The number of amides is 1. The third-order valence-electron chi connectivity index (χ3n) is 5.23. The van der Waals surface area contributed by atoms with Gasteiger partial charge in [-0.2, -0.15) is 0 Å². The molecule has 2 N–H and O–H groups in total. The van der Waals surface area contributed by atoms with Gasteiger partial charge < -0.3 is 15.3 Å². The summed E-state index contributed by atoms with van der Waals surface area (Å²) in [6.45, 7) is 4.51. The Labute approximate surface area is 166 Å². The molecule has 0 saturated carbocycles. The van der Waals surface area contributed by atoms with Crippen LogP contribution in [0.15, 0.2) is 48.5 Å². The summed E-state index contributed by atoms with van der Waals surface area (Å²) < 4.78 is 0. The molecule has 2 aromatic carbocycles. The van der Waals surface area contributed by atoms with E-state index in [2.05, 4.69) is 16.3 Å². The molecule has 1 atom stereocenters. The van der Waals surface area contributed by atoms with Crippen LogP contribution in [0.3, 0.4) is 0 Å². The summed E-state index contributed by atoms with van der Waals surface area (Å²) in [5.41, 5.74) is 3.73. The first-order chi connectivity index (χ1) is 13.6. The van der Waals surface area contributed by atoms with Crippen molar-refractivity contribution in [2.75, 3.05) is 24.5 Å². The van der Waals surface area contributed by atoms with Gasteiger partial charge in [-0.15, -0.1) is 0 Å². The summed E-state index contributed by atoms with van der Waals surface area (Å²) in [7, 11) is 0. The van der Waals surface area contributed by atoms with Gasteiger partial charge in [0.05, 0.1) is 12.3 Å². The van der Waals surface area contributed by atoms with Crippen molar-refractivity contribution in [2.45, 2.75) is 38.5 Å². The van der Waals surface area contributed by atoms with Crippen LogP contribution in [0.25, 0.3) is 0 Å². The lowest BCUT2D eigenvalue weighted by Crippen LogP contribution is -2.33. The third-order valence-corrected chi connectivity index (χ3v) is 5.23. The van der Waals surface area contributed by atoms with Crippen molar-refractivity contribution >= 4 is 17.6 Å². The Bertz CT molecular complexity index is 811. The summed E-state index contributed by atoms with van der Waals surface area (Å²) in [5.74, 6) is -1.31. The Balaban J connectivity index is 1.99. The van der Waals surface area contributed by atoms with Gasteiger partial charge in [-0.25, -0.2) is 0 Å². The second-order valence-electron chi connectivity index (χ2n) is 7.25. The number of hydrogen-bond acceptors (Lipinski definition) is 3. The number of piperidine rings is 1. The van der Waals surface area contributed by atoms with Crippen molar-refractivity contribution in [3.8, 4) is 0 Å². The Hall–Kier alpha value is -2.82. The lowest BCUT2D eigenvalue weighted by molar-refractivity contribution is -0.136. The van der Waals surface area contributed by atoms with Crippen molar-refractivity contribution in [2.24, 2.45) is 0 Å². The minimum atomic E-state index is -0.858. The molecule has 28 heavy (non-hydrogen) atoms. The molecule has 1 unspecified atom stereocenters. The molecule has 0 aliphatic carbocycles. The van der Waals surface area contributed by atoms with Crippen LogP contribution in [0.5, 0.6) is 0 Å². The van der Waals surface area contributed by atoms with E-state index in [-0.39, 0.29) is 12.3 Å². The number of nitrogens with one attached hydrogen (secondary N) is 1. The van der Waals surface area contributed by atoms with Gasteiger partial charge in [0.2, 0.25) is 5.91 Å². The number of hydrogen-bond donors (Lipinski definition) is 2. The van der Waals surface area contributed by atoms with Crippen LogP contribution < -0.4 is 10.2 Å². The maximum Gasteiger partial charge on any atom is 0.307 e. The SMILES string of the molecule is CCNC(=O)C(c1ccc(CC(=O)O)cc1)c1ccccc1N1CCCCC1. The number of likely N-dealkylation sites (N-methyl/N-ethyl adjacent to an activating group) is 1. The number of anilines is 1. The molecule has 1 aliphatic heterocycles. The zero-order valence-corrected chi connectivity index (χ0v) is 16.4. The first-order valence-electron chi connectivity index (χ1n) is 10.0. The highest BCUT2D eigenvalue weighted by molar-refractivity contribution is 5.89. The Morgan fingerprint density at radius 2 is 1.71 bits per heavy atom. The highest BCUT2D eigenvalue weighted by Crippen LogP contribution is 2.34. The molecule has 1 heterocycles. The first-order valence-corrected chi connectivity index (χ1v) is 10.0. The number of nitrogens with zero attached hydrogens (tertiary/aromatic N) is 1. The van der Waals surface area contributed by atoms with Crippen LogP contribution in [-0.2, 0) is 16.0 Å². The number of carboxylic acids is 1. The molecule has 1 saturated heterocycles. The quantitative estimate of drug-likeness (QED) is 0.770. The average Bonchev–Trinajstić information content (AvgIpc) is 2.70. The second-order valence-corrected chi connectivity index (χ2v) is 7.25. The predicted molar refractivity (Wildman–Crippen MR) is 111 cm³/mol. The van der Waals surface area contributed by atoms with E-state index in [4.69, 9.17) is 5.11 Å². The van der Waals surface area contributed by atoms with E-state index in [0.717, 1.165) is 35.5 Å². The summed E-state index contributed by atoms with van der Waals surface area (Å²) in [5, 5.41) is 12.0. The van der Waals surface area contributed by atoms with Crippen LogP contribution in [0, 0.1) is 0 Å². The largest absolute Gasteiger partial charge is 0.481 e. The minimum Gasteiger partial charge on any atom is -0.481 e. The molecule has 0 spiro atoms. The van der Waals surface area contributed by atoms with Gasteiger partial charge in [-0.3, -0.25) is 9.59 Å². The van der Waals surface area contributed by atoms with Crippen LogP contribution in [-0.4, -0.2) is 36.6 Å². The van der Waals surface area contributed by atoms with Crippen molar-refractivity contribution in [1.82, 2.24) is 5.32 Å². The Morgan fingerprint density at radius 1 is 1.04 bits per heavy atom. The lowest BCUT2D eigenvalue weighted by atomic mass is 9.88. The Kier molecular flexibility index (Phi) is 6.69. The topological polar surface area (TPSA) is 69.6 Å². The molecule has 0 radical (unpaired) electrons. The van der Waals surface area contributed by atoms with E-state index in [9.17, 15) is 9.59 Å². The van der Waals surface area contributed by atoms with Crippen LogP contribution in [0.1, 0.15) is 48.8 Å². The van der Waals surface area contributed by atoms with Gasteiger partial charge in [0, 0.05) is 25.3 Å². The standard InChI is InChI=1S/C23H28N2O3/c1-2-24-23(28)22(18-12-10-17(11-13-18)16-21(26)27)19-8-4-5-9-20(19)25-14-6-3-7-15-25/h4-5,8-13,22H,2-3,6-7,14-16H2,1H3,(H,24,28)(H,26,27). The zero-order valence-electron chi connectivity index (χ0n) is 16.4. The molecule has 0 bridgehead atoms. The van der Waals surface area contributed by atoms with Crippen LogP contribution >= 0.6 is 0 Å². The average molecular weight is 380 g/mol. The maximum atomic E-state index is 13.0. The van der Waals surface area contributed by atoms with Crippen molar-refractivity contribution in [3.63, 3.8) is 0 Å². The zero-order chi connectivity index (χ0) is 19.9. The molecule has 3 rings (SSSR count). The highest BCUT2D eigenvalue weighted by Gasteiger charge is 2.27. The molecule has 1 aliphatic rings. The van der Waals surface area contributed by atoms with Crippen molar-refractivity contribution in [1.29, 1.82) is 0 Å². The summed E-state index contributed by atoms with van der Waals surface area (Å²) >= 11 is 0. The third kappa shape index (κ3) is 4.71. The Morgan fingerprint density at radius 3 is 2.36 bits per heavy atom. The van der Waals surface area contributed by atoms with Crippen LogP contribution in [0.4, 0.5) is 5.69 Å². The smallest absolute Gasteiger partial charge is 0.307 e. The van der Waals surface area contributed by atoms with E-state index in [0.29, 0.717) is 6.54 Å². The molecular weight excluding hydrogens is 352 g/mol. The molecule has 5 nitrogen and oxygen atoms in total. The maximum absolute atomic E-state index is 13.0. The summed E-state index contributed by atoms with van der Waals surface area (Å²) in [6, 6.07) is 15.5. The van der Waals surface area contributed by atoms with E-state index < -0.39 is 11.9 Å². The van der Waals surface area contributed by atoms with Gasteiger partial charge in [-0.05, 0) is 48.9 Å². The number of benzene rings is 2. The van der Waals surface area contributed by atoms with E-state index in [1.165, 1.54) is 19.3 Å². The van der Waals surface area contributed by atoms with Crippen molar-refractivity contribution < 1.29 is 14.7 Å². The number of aliphatic carboxylic acids is 1. The monoisotopic (exact) mass is 380 g/mol. The molecule has 1 fully saturated rings. The molecule has 1 amide bonds. The van der Waals surface area contributed by atoms with Gasteiger partial charge in [0.25, 0.3) is 0 Å². The highest BCUT2D eigenvalue weighted by atomic mass is 16.4. The van der Waals surface area contributed by atoms with Crippen molar-refractivity contribution in [3.05, 3.63) is 65.2 Å². The molecule has 148 valence electrons. The van der Waals surface area contributed by atoms with Gasteiger partial charge in [0.15, 0.2) is 0 Å². The fourth-order valence-electron chi connectivity index (χ4n) is 3.91. The van der Waals surface area contributed by atoms with Gasteiger partial charge in [0.1, 0.15) is 0 Å². The van der Waals surface area contributed by atoms with Gasteiger partial charge >= 0.3 is 5.97 Å². The summed E-state index contributed by atoms with van der Waals surface area (Å²) in [4.78, 5) is 26.3. The van der Waals surface area contributed by atoms with E-state index in [1.54, 1.807) is 12.1 Å². The fourth-order valence-corrected chi connectivity index (χ4v) is 3.91. The molecular formula is C23H28N2O3.